The first kappa shape index (κ1) is 17.8. The van der Waals surface area contributed by atoms with Gasteiger partial charge >= 0.3 is 5.97 Å². The Morgan fingerprint density at radius 3 is 2.40 bits per heavy atom. The van der Waals surface area contributed by atoms with Crippen molar-refractivity contribution < 1.29 is 14.6 Å². The molecule has 142 valence electrons. The Bertz CT molecular complexity index is 580. The van der Waals surface area contributed by atoms with Gasteiger partial charge in [0.25, 0.3) is 0 Å². The lowest BCUT2D eigenvalue weighted by molar-refractivity contribution is -0.201. The highest BCUT2D eigenvalue weighted by molar-refractivity contribution is 5.66. The zero-order chi connectivity index (χ0) is 18.3. The van der Waals surface area contributed by atoms with Gasteiger partial charge in [0, 0.05) is 12.3 Å². The van der Waals surface area contributed by atoms with Crippen molar-refractivity contribution >= 4 is 5.97 Å². The summed E-state index contributed by atoms with van der Waals surface area (Å²) >= 11 is 0. The second kappa shape index (κ2) is 5.24. The number of carbonyl (C=O) groups excluding carboxylic acids is 1. The van der Waals surface area contributed by atoms with E-state index in [9.17, 15) is 9.90 Å². The van der Waals surface area contributed by atoms with Gasteiger partial charge < -0.3 is 9.84 Å². The quantitative estimate of drug-likeness (QED) is 0.698. The van der Waals surface area contributed by atoms with Crippen molar-refractivity contribution in [1.29, 1.82) is 0 Å². The maximum absolute atomic E-state index is 11.9. The van der Waals surface area contributed by atoms with Gasteiger partial charge in [0.05, 0.1) is 0 Å². The van der Waals surface area contributed by atoms with Crippen molar-refractivity contribution in [2.75, 3.05) is 0 Å². The molecule has 25 heavy (non-hydrogen) atoms. The number of hydrogen-bond acceptors (Lipinski definition) is 3. The van der Waals surface area contributed by atoms with Crippen LogP contribution in [0.15, 0.2) is 0 Å². The van der Waals surface area contributed by atoms with Crippen LogP contribution in [0.5, 0.6) is 0 Å². The fraction of sp³-hybridized carbons (Fsp3) is 0.955. The van der Waals surface area contributed by atoms with E-state index < -0.39 is 5.60 Å². The molecule has 1 unspecified atom stereocenters. The van der Waals surface area contributed by atoms with Gasteiger partial charge in [-0.15, -0.1) is 0 Å². The van der Waals surface area contributed by atoms with Crippen LogP contribution in [0.25, 0.3) is 0 Å². The minimum Gasteiger partial charge on any atom is -0.459 e. The summed E-state index contributed by atoms with van der Waals surface area (Å²) in [5.74, 6) is 1.38. The van der Waals surface area contributed by atoms with E-state index in [1.54, 1.807) is 0 Å². The average Bonchev–Trinajstić information content (AvgIpc) is 2.64. The van der Waals surface area contributed by atoms with E-state index in [-0.39, 0.29) is 23.4 Å². The monoisotopic (exact) mass is 348 g/mol. The third kappa shape index (κ3) is 2.23. The molecule has 2 bridgehead atoms. The molecule has 1 N–H and O–H groups in total. The van der Waals surface area contributed by atoms with Crippen LogP contribution in [-0.4, -0.2) is 22.8 Å². The minimum absolute atomic E-state index is 0.00322. The molecule has 4 saturated carbocycles. The summed E-state index contributed by atoms with van der Waals surface area (Å²) in [4.78, 5) is 11.9. The lowest BCUT2D eigenvalue weighted by Crippen LogP contribution is -2.60. The van der Waals surface area contributed by atoms with E-state index in [1.807, 2.05) is 6.92 Å². The fourth-order valence-corrected chi connectivity index (χ4v) is 8.46. The van der Waals surface area contributed by atoms with Crippen molar-refractivity contribution in [2.45, 2.75) is 97.7 Å². The average molecular weight is 349 g/mol. The molecule has 0 saturated heterocycles. The standard InChI is InChI=1S/C22H36O3/c1-14(23)25-18-21(5,24)15-7-8-17-20(4)11-6-10-19(2,3)16(20)9-12-22(17,18)13-15/h15-18,24H,6-13H2,1-5H3/t15-,16-,17+,18?,20-,21+,22-/m0/s1. The molecular weight excluding hydrogens is 312 g/mol. The molecule has 0 aromatic carbocycles. The van der Waals surface area contributed by atoms with E-state index in [2.05, 4.69) is 20.8 Å². The topological polar surface area (TPSA) is 46.5 Å². The molecule has 0 amide bonds. The molecule has 3 heteroatoms. The summed E-state index contributed by atoms with van der Waals surface area (Å²) in [6.07, 6.45) is 9.29. The molecule has 0 radical (unpaired) electrons. The summed E-state index contributed by atoms with van der Waals surface area (Å²) in [7, 11) is 0. The summed E-state index contributed by atoms with van der Waals surface area (Å²) < 4.78 is 5.89. The Kier molecular flexibility index (Phi) is 3.74. The molecule has 1 spiro atoms. The van der Waals surface area contributed by atoms with Gasteiger partial charge in [0.2, 0.25) is 0 Å². The minimum atomic E-state index is -0.867. The van der Waals surface area contributed by atoms with Crippen molar-refractivity contribution in [1.82, 2.24) is 0 Å². The lowest BCUT2D eigenvalue weighted by Gasteiger charge is -2.64. The summed E-state index contributed by atoms with van der Waals surface area (Å²) in [5, 5.41) is 11.3. The van der Waals surface area contributed by atoms with Crippen LogP contribution in [0.3, 0.4) is 0 Å². The number of rotatable bonds is 1. The molecular formula is C22H36O3. The molecule has 0 aliphatic heterocycles. The summed E-state index contributed by atoms with van der Waals surface area (Å²) in [6, 6.07) is 0. The molecule has 0 aromatic rings. The number of ether oxygens (including phenoxy) is 1. The number of esters is 1. The van der Waals surface area contributed by atoms with Gasteiger partial charge in [-0.3, -0.25) is 4.79 Å². The molecule has 0 aromatic heterocycles. The Morgan fingerprint density at radius 2 is 1.72 bits per heavy atom. The third-order valence-electron chi connectivity index (χ3n) is 9.26. The van der Waals surface area contributed by atoms with E-state index in [1.165, 1.54) is 39.0 Å². The SMILES string of the molecule is CC(=O)OC1[C@]23CC[C@H]4C(C)(C)CCC[C@]4(C)[C@H]2CC[C@@H](C3)[C@@]1(C)O. The smallest absolute Gasteiger partial charge is 0.303 e. The molecule has 3 nitrogen and oxygen atoms in total. The van der Waals surface area contributed by atoms with Gasteiger partial charge in [0.15, 0.2) is 0 Å². The Balaban J connectivity index is 1.78. The van der Waals surface area contributed by atoms with Gasteiger partial charge in [-0.25, -0.2) is 0 Å². The van der Waals surface area contributed by atoms with Crippen LogP contribution >= 0.6 is 0 Å². The van der Waals surface area contributed by atoms with Gasteiger partial charge in [-0.1, -0.05) is 27.2 Å². The summed E-state index contributed by atoms with van der Waals surface area (Å²) in [5.41, 5.74) is -0.141. The predicted octanol–water partition coefficient (Wildman–Crippen LogP) is 4.71. The van der Waals surface area contributed by atoms with Crippen molar-refractivity contribution in [3.8, 4) is 0 Å². The zero-order valence-corrected chi connectivity index (χ0v) is 16.7. The third-order valence-corrected chi connectivity index (χ3v) is 9.26. The first-order valence-corrected chi connectivity index (χ1v) is 10.4. The van der Waals surface area contributed by atoms with E-state index in [4.69, 9.17) is 4.74 Å². The number of fused-ring (bicyclic) bond motifs is 3. The van der Waals surface area contributed by atoms with Gasteiger partial charge in [-0.2, -0.15) is 0 Å². The number of carbonyl (C=O) groups is 1. The fourth-order valence-electron chi connectivity index (χ4n) is 8.46. The van der Waals surface area contributed by atoms with Crippen LogP contribution < -0.4 is 0 Å². The van der Waals surface area contributed by atoms with Crippen LogP contribution in [0.4, 0.5) is 0 Å². The molecule has 4 aliphatic carbocycles. The van der Waals surface area contributed by atoms with E-state index in [0.717, 1.165) is 25.2 Å². The van der Waals surface area contributed by atoms with Crippen LogP contribution in [0.1, 0.15) is 86.0 Å². The largest absolute Gasteiger partial charge is 0.459 e. The predicted molar refractivity (Wildman–Crippen MR) is 97.9 cm³/mol. The molecule has 4 fully saturated rings. The highest BCUT2D eigenvalue weighted by atomic mass is 16.6. The molecule has 0 heterocycles. The highest BCUT2D eigenvalue weighted by Crippen LogP contribution is 2.73. The zero-order valence-electron chi connectivity index (χ0n) is 16.7. The second-order valence-corrected chi connectivity index (χ2v) is 10.9. The molecule has 4 rings (SSSR count). The number of aliphatic hydroxyl groups is 1. The Labute approximate surface area is 152 Å². The van der Waals surface area contributed by atoms with Crippen molar-refractivity contribution in [3.05, 3.63) is 0 Å². The molecule has 4 aliphatic rings. The van der Waals surface area contributed by atoms with Crippen LogP contribution in [0.2, 0.25) is 0 Å². The maximum Gasteiger partial charge on any atom is 0.303 e. The van der Waals surface area contributed by atoms with Gasteiger partial charge in [0.1, 0.15) is 11.7 Å². The van der Waals surface area contributed by atoms with Crippen LogP contribution in [0, 0.1) is 34.0 Å². The van der Waals surface area contributed by atoms with E-state index >= 15 is 0 Å². The summed E-state index contributed by atoms with van der Waals surface area (Å²) in [6.45, 7) is 10.9. The van der Waals surface area contributed by atoms with Gasteiger partial charge in [-0.05, 0) is 80.5 Å². The van der Waals surface area contributed by atoms with Crippen LogP contribution in [-0.2, 0) is 9.53 Å². The number of hydrogen-bond donors (Lipinski definition) is 1. The highest BCUT2D eigenvalue weighted by Gasteiger charge is 2.71. The Morgan fingerprint density at radius 1 is 1.00 bits per heavy atom. The van der Waals surface area contributed by atoms with Crippen molar-refractivity contribution in [2.24, 2.45) is 34.0 Å². The Hall–Kier alpha value is -0.570. The normalized spacial score (nSPS) is 53.7. The van der Waals surface area contributed by atoms with Crippen molar-refractivity contribution in [3.63, 3.8) is 0 Å². The first-order chi connectivity index (χ1) is 11.5. The maximum atomic E-state index is 11.9. The molecule has 7 atom stereocenters. The second-order valence-electron chi connectivity index (χ2n) is 10.9. The first-order valence-electron chi connectivity index (χ1n) is 10.4. The lowest BCUT2D eigenvalue weighted by atomic mass is 9.41. The van der Waals surface area contributed by atoms with E-state index in [0.29, 0.717) is 16.7 Å².